The van der Waals surface area contributed by atoms with Crippen LogP contribution < -0.4 is 19.9 Å². The number of carbonyl (C=O) groups is 1. The number of rotatable bonds is 8. The van der Waals surface area contributed by atoms with E-state index in [1.807, 2.05) is 18.2 Å². The van der Waals surface area contributed by atoms with E-state index >= 15 is 0 Å². The van der Waals surface area contributed by atoms with Crippen LogP contribution in [0.4, 0.5) is 5.69 Å². The summed E-state index contributed by atoms with van der Waals surface area (Å²) in [6, 6.07) is 12.7. The van der Waals surface area contributed by atoms with Crippen LogP contribution in [0.1, 0.15) is 5.56 Å². The molecule has 0 aromatic heterocycles. The summed E-state index contributed by atoms with van der Waals surface area (Å²) in [6.45, 7) is 0.575. The van der Waals surface area contributed by atoms with Gasteiger partial charge in [-0.25, -0.2) is 0 Å². The van der Waals surface area contributed by atoms with Crippen LogP contribution in [0.25, 0.3) is 0 Å². The Morgan fingerprint density at radius 1 is 1.04 bits per heavy atom. The maximum atomic E-state index is 12.2. The van der Waals surface area contributed by atoms with E-state index in [0.717, 1.165) is 5.56 Å². The molecule has 2 aromatic rings. The Kier molecular flexibility index (Phi) is 6.51. The van der Waals surface area contributed by atoms with Crippen LogP contribution in [0.2, 0.25) is 0 Å². The number of nitrogens with zero attached hydrogens (tertiary/aromatic N) is 1. The summed E-state index contributed by atoms with van der Waals surface area (Å²) in [5.74, 6) is 1.90. The fourth-order valence-electron chi connectivity index (χ4n) is 2.28. The number of nitrogens with two attached hydrogens (primary N) is 1. The zero-order valence-corrected chi connectivity index (χ0v) is 14.8. The fraction of sp³-hybridized carbons (Fsp3) is 0.316. The molecule has 0 heterocycles. The second-order valence-electron chi connectivity index (χ2n) is 5.61. The lowest BCUT2D eigenvalue weighted by Crippen LogP contribution is -2.33. The van der Waals surface area contributed by atoms with Crippen molar-refractivity contribution in [2.75, 3.05) is 40.2 Å². The lowest BCUT2D eigenvalue weighted by atomic mass is 10.1. The number of methoxy groups -OCH3 is 2. The van der Waals surface area contributed by atoms with Crippen molar-refractivity contribution in [1.29, 1.82) is 0 Å². The van der Waals surface area contributed by atoms with Crippen molar-refractivity contribution in [3.63, 3.8) is 0 Å². The lowest BCUT2D eigenvalue weighted by molar-refractivity contribution is -0.132. The molecule has 0 fully saturated rings. The van der Waals surface area contributed by atoms with E-state index in [4.69, 9.17) is 19.9 Å². The fourth-order valence-corrected chi connectivity index (χ4v) is 2.28. The summed E-state index contributed by atoms with van der Waals surface area (Å²) in [4.78, 5) is 13.8. The molecule has 0 aliphatic heterocycles. The molecule has 2 N–H and O–H groups in total. The largest absolute Gasteiger partial charge is 0.493 e. The molecule has 0 bridgehead atoms. The van der Waals surface area contributed by atoms with Gasteiger partial charge >= 0.3 is 0 Å². The Morgan fingerprint density at radius 2 is 1.72 bits per heavy atom. The SMILES string of the molecule is COc1ccc(CCN(C)C(=O)COc2ccc(N)cc2)cc1OC. The smallest absolute Gasteiger partial charge is 0.260 e. The van der Waals surface area contributed by atoms with Gasteiger partial charge in [0.1, 0.15) is 5.75 Å². The number of carbonyl (C=O) groups excluding carboxylic acids is 1. The van der Waals surface area contributed by atoms with Crippen molar-refractivity contribution < 1.29 is 19.0 Å². The molecule has 1 amide bonds. The first-order valence-electron chi connectivity index (χ1n) is 7.96. The predicted octanol–water partition coefficient (Wildman–Crippen LogP) is 2.37. The lowest BCUT2D eigenvalue weighted by Gasteiger charge is -2.18. The molecule has 2 aromatic carbocycles. The van der Waals surface area contributed by atoms with Crippen molar-refractivity contribution >= 4 is 11.6 Å². The van der Waals surface area contributed by atoms with Gasteiger partial charge in [0.2, 0.25) is 0 Å². The van der Waals surface area contributed by atoms with Gasteiger partial charge in [-0.15, -0.1) is 0 Å². The van der Waals surface area contributed by atoms with Crippen LogP contribution in [-0.4, -0.2) is 45.2 Å². The van der Waals surface area contributed by atoms with Crippen LogP contribution in [0.15, 0.2) is 42.5 Å². The third-order valence-corrected chi connectivity index (χ3v) is 3.85. The van der Waals surface area contributed by atoms with Crippen molar-refractivity contribution in [2.45, 2.75) is 6.42 Å². The third kappa shape index (κ3) is 5.31. The quantitative estimate of drug-likeness (QED) is 0.744. The van der Waals surface area contributed by atoms with Crippen LogP contribution in [-0.2, 0) is 11.2 Å². The predicted molar refractivity (Wildman–Crippen MR) is 97.2 cm³/mol. The molecule has 0 spiro atoms. The number of hydrogen-bond acceptors (Lipinski definition) is 5. The number of anilines is 1. The Hall–Kier alpha value is -2.89. The number of nitrogen functional groups attached to an aromatic ring is 1. The van der Waals surface area contributed by atoms with E-state index in [1.54, 1.807) is 50.4 Å². The molecule has 0 unspecified atom stereocenters. The van der Waals surface area contributed by atoms with Gasteiger partial charge in [-0.05, 0) is 48.4 Å². The van der Waals surface area contributed by atoms with Crippen molar-refractivity contribution in [3.8, 4) is 17.2 Å². The van der Waals surface area contributed by atoms with Crippen LogP contribution in [0.3, 0.4) is 0 Å². The van der Waals surface area contributed by atoms with Gasteiger partial charge in [0.25, 0.3) is 5.91 Å². The average molecular weight is 344 g/mol. The highest BCUT2D eigenvalue weighted by Crippen LogP contribution is 2.27. The topological polar surface area (TPSA) is 74.0 Å². The summed E-state index contributed by atoms with van der Waals surface area (Å²) in [5.41, 5.74) is 7.34. The molecule has 6 nitrogen and oxygen atoms in total. The van der Waals surface area contributed by atoms with Crippen molar-refractivity contribution in [1.82, 2.24) is 4.90 Å². The van der Waals surface area contributed by atoms with Crippen molar-refractivity contribution in [3.05, 3.63) is 48.0 Å². The van der Waals surface area contributed by atoms with E-state index in [-0.39, 0.29) is 12.5 Å². The minimum Gasteiger partial charge on any atom is -0.493 e. The molecule has 0 aliphatic carbocycles. The first-order chi connectivity index (χ1) is 12.0. The maximum Gasteiger partial charge on any atom is 0.260 e. The van der Waals surface area contributed by atoms with Crippen LogP contribution in [0.5, 0.6) is 17.2 Å². The van der Waals surface area contributed by atoms with E-state index < -0.39 is 0 Å². The minimum absolute atomic E-state index is 0.00759. The molecule has 0 saturated carbocycles. The monoisotopic (exact) mass is 344 g/mol. The number of ether oxygens (including phenoxy) is 3. The molecule has 0 saturated heterocycles. The highest BCUT2D eigenvalue weighted by Gasteiger charge is 2.11. The standard InChI is InChI=1S/C19H24N2O4/c1-21(19(22)13-25-16-7-5-15(20)6-8-16)11-10-14-4-9-17(23-2)18(12-14)24-3/h4-9,12H,10-11,13,20H2,1-3H3. The summed E-state index contributed by atoms with van der Waals surface area (Å²) in [5, 5.41) is 0. The van der Waals surface area contributed by atoms with Gasteiger partial charge in [0, 0.05) is 19.3 Å². The Morgan fingerprint density at radius 3 is 2.36 bits per heavy atom. The molecule has 6 heteroatoms. The van der Waals surface area contributed by atoms with Gasteiger partial charge in [-0.3, -0.25) is 4.79 Å². The molecule has 0 radical (unpaired) electrons. The van der Waals surface area contributed by atoms with E-state index in [0.29, 0.717) is 35.9 Å². The van der Waals surface area contributed by atoms with Crippen LogP contribution >= 0.6 is 0 Å². The first kappa shape index (κ1) is 18.4. The number of likely N-dealkylation sites (N-methyl/N-ethyl adjacent to an activating group) is 1. The van der Waals surface area contributed by atoms with Gasteiger partial charge in [-0.2, -0.15) is 0 Å². The molecular weight excluding hydrogens is 320 g/mol. The zero-order chi connectivity index (χ0) is 18.2. The number of amides is 1. The summed E-state index contributed by atoms with van der Waals surface area (Å²) < 4.78 is 16.0. The van der Waals surface area contributed by atoms with E-state index in [9.17, 15) is 4.79 Å². The molecule has 2 rings (SSSR count). The highest BCUT2D eigenvalue weighted by atomic mass is 16.5. The van der Waals surface area contributed by atoms with E-state index in [2.05, 4.69) is 0 Å². The average Bonchev–Trinajstić information content (AvgIpc) is 2.65. The highest BCUT2D eigenvalue weighted by molar-refractivity contribution is 5.77. The van der Waals surface area contributed by atoms with Gasteiger partial charge in [0.05, 0.1) is 14.2 Å². The molecule has 134 valence electrons. The second kappa shape index (κ2) is 8.82. The Balaban J connectivity index is 1.83. The van der Waals surface area contributed by atoms with Crippen LogP contribution in [0, 0.1) is 0 Å². The normalized spacial score (nSPS) is 10.2. The Labute approximate surface area is 148 Å². The van der Waals surface area contributed by atoms with Gasteiger partial charge < -0.3 is 24.8 Å². The minimum atomic E-state index is -0.0858. The zero-order valence-electron chi connectivity index (χ0n) is 14.8. The number of hydrogen-bond donors (Lipinski definition) is 1. The Bertz CT molecular complexity index is 701. The maximum absolute atomic E-state index is 12.2. The molecular formula is C19H24N2O4. The first-order valence-corrected chi connectivity index (χ1v) is 7.96. The summed E-state index contributed by atoms with van der Waals surface area (Å²) in [7, 11) is 4.96. The molecule has 0 aliphatic rings. The molecule has 0 atom stereocenters. The van der Waals surface area contributed by atoms with Gasteiger partial charge in [-0.1, -0.05) is 6.07 Å². The second-order valence-corrected chi connectivity index (χ2v) is 5.61. The summed E-state index contributed by atoms with van der Waals surface area (Å²) >= 11 is 0. The van der Waals surface area contributed by atoms with E-state index in [1.165, 1.54) is 0 Å². The third-order valence-electron chi connectivity index (χ3n) is 3.85. The summed E-state index contributed by atoms with van der Waals surface area (Å²) in [6.07, 6.45) is 0.713. The molecule has 25 heavy (non-hydrogen) atoms. The van der Waals surface area contributed by atoms with Crippen molar-refractivity contribution in [2.24, 2.45) is 0 Å². The van der Waals surface area contributed by atoms with Gasteiger partial charge in [0.15, 0.2) is 18.1 Å². The number of benzene rings is 2.